The van der Waals surface area contributed by atoms with Gasteiger partial charge >= 0.3 is 7.12 Å². The number of nitrogens with zero attached hydrogens (tertiary/aromatic N) is 4. The molecule has 0 saturated heterocycles. The number of aromatic nitrogens is 2. The van der Waals surface area contributed by atoms with E-state index >= 15 is 0 Å². The minimum Gasteiger partial charge on any atom is -0.423 e. The van der Waals surface area contributed by atoms with E-state index < -0.39 is 7.12 Å². The van der Waals surface area contributed by atoms with Crippen LogP contribution in [0.3, 0.4) is 0 Å². The third kappa shape index (κ3) is 11.8. The van der Waals surface area contributed by atoms with Crippen molar-refractivity contribution >= 4 is 62.8 Å². The molecule has 0 bridgehead atoms. The predicted molar refractivity (Wildman–Crippen MR) is 265 cm³/mol. The second kappa shape index (κ2) is 19.8. The van der Waals surface area contributed by atoms with Gasteiger partial charge in [-0.2, -0.15) is 0 Å². The summed E-state index contributed by atoms with van der Waals surface area (Å²) in [5, 5.41) is 23.5. The molecule has 3 N–H and O–H groups in total. The maximum Gasteiger partial charge on any atom is 0.490 e. The van der Waals surface area contributed by atoms with Gasteiger partial charge < -0.3 is 15.4 Å². The maximum absolute atomic E-state index is 11.7. The van der Waals surface area contributed by atoms with Gasteiger partial charge in [-0.1, -0.05) is 162 Å². The van der Waals surface area contributed by atoms with Crippen LogP contribution in [0.25, 0.3) is 21.8 Å². The number of hydrogen-bond donors (Lipinski definition) is 3. The lowest BCUT2D eigenvalue weighted by atomic mass is 9.81. The van der Waals surface area contributed by atoms with Gasteiger partial charge in [0.1, 0.15) is 5.17 Å². The molecule has 5 aromatic carbocycles. The van der Waals surface area contributed by atoms with Crippen molar-refractivity contribution in [2.45, 2.75) is 60.8 Å². The molecule has 326 valence electrons. The number of amides is 1. The van der Waals surface area contributed by atoms with Gasteiger partial charge in [0.15, 0.2) is 0 Å². The average molecular weight is 870 g/mol. The number of halogens is 1. The van der Waals surface area contributed by atoms with Crippen molar-refractivity contribution in [1.29, 1.82) is 0 Å². The van der Waals surface area contributed by atoms with Crippen LogP contribution in [0.5, 0.6) is 0 Å². The lowest BCUT2D eigenvalue weighted by Crippen LogP contribution is -2.31. The summed E-state index contributed by atoms with van der Waals surface area (Å²) in [6.07, 6.45) is 6.48. The Balaban J connectivity index is 0.000000132. The number of carbonyl (C=O) groups excluding carboxylic acids is 1. The Morgan fingerprint density at radius 2 is 1.03 bits per heavy atom. The fourth-order valence-corrected chi connectivity index (χ4v) is 8.48. The van der Waals surface area contributed by atoms with Gasteiger partial charge in [0, 0.05) is 65.1 Å². The molecule has 3 aliphatic heterocycles. The van der Waals surface area contributed by atoms with Gasteiger partial charge in [0.05, 0.1) is 16.7 Å². The molecular formula is C54H57BClN5O3. The molecule has 0 unspecified atom stereocenters. The number of rotatable bonds is 2. The topological polar surface area (TPSA) is 120 Å². The van der Waals surface area contributed by atoms with Crippen LogP contribution < -0.4 is 10.8 Å². The zero-order valence-corrected chi connectivity index (χ0v) is 38.4. The SMILES string of the molecule is CC1(C)CN=C(Cl)c2ccccc2C1.CC1(C)CN=C(c2cnc3ccccc3c2)c2ccccc2C1.CC1(C)CNC(=O)c2ccccc2C1.OB(O)c1cnc2ccccc2c1. The summed E-state index contributed by atoms with van der Waals surface area (Å²) in [6.45, 7) is 15.8. The van der Waals surface area contributed by atoms with Crippen molar-refractivity contribution in [3.8, 4) is 0 Å². The van der Waals surface area contributed by atoms with E-state index in [-0.39, 0.29) is 22.2 Å². The minimum atomic E-state index is -1.45. The van der Waals surface area contributed by atoms with Crippen LogP contribution in [-0.2, 0) is 19.3 Å². The Bertz CT molecular complexity index is 2830. The highest BCUT2D eigenvalue weighted by molar-refractivity contribution is 6.69. The first kappa shape index (κ1) is 46.0. The highest BCUT2D eigenvalue weighted by Crippen LogP contribution is 2.31. The molecular weight excluding hydrogens is 813 g/mol. The lowest BCUT2D eigenvalue weighted by Gasteiger charge is -2.21. The van der Waals surface area contributed by atoms with Crippen LogP contribution in [0.2, 0.25) is 0 Å². The van der Waals surface area contributed by atoms with Crippen LogP contribution in [0, 0.1) is 16.2 Å². The number of aliphatic imine (C=N–C) groups is 2. The monoisotopic (exact) mass is 869 g/mol. The normalized spacial score (nSPS) is 16.5. The van der Waals surface area contributed by atoms with E-state index in [9.17, 15) is 4.79 Å². The van der Waals surface area contributed by atoms with E-state index in [0.29, 0.717) is 10.6 Å². The van der Waals surface area contributed by atoms with Gasteiger partial charge in [-0.25, -0.2) is 0 Å². The second-order valence-electron chi connectivity index (χ2n) is 19.2. The van der Waals surface area contributed by atoms with Gasteiger partial charge in [0.25, 0.3) is 5.91 Å². The number of fused-ring (bicyclic) bond motifs is 5. The summed E-state index contributed by atoms with van der Waals surface area (Å²) in [6, 6.07) is 44.4. The molecule has 8 nitrogen and oxygen atoms in total. The van der Waals surface area contributed by atoms with Gasteiger partial charge in [-0.05, 0) is 81.8 Å². The second-order valence-corrected chi connectivity index (χ2v) is 19.6. The molecule has 0 fully saturated rings. The molecule has 0 saturated carbocycles. The third-order valence-corrected chi connectivity index (χ3v) is 11.9. The van der Waals surface area contributed by atoms with Crippen molar-refractivity contribution in [1.82, 2.24) is 15.3 Å². The highest BCUT2D eigenvalue weighted by Gasteiger charge is 2.28. The van der Waals surface area contributed by atoms with E-state index in [2.05, 4.69) is 116 Å². The zero-order valence-electron chi connectivity index (χ0n) is 37.6. The number of hydrogen-bond acceptors (Lipinski definition) is 7. The Hall–Kier alpha value is -6.00. The first-order valence-corrected chi connectivity index (χ1v) is 22.3. The van der Waals surface area contributed by atoms with Crippen molar-refractivity contribution in [3.05, 3.63) is 185 Å². The van der Waals surface area contributed by atoms with E-state index in [1.165, 1.54) is 22.9 Å². The van der Waals surface area contributed by atoms with Crippen LogP contribution in [-0.4, -0.2) is 63.6 Å². The minimum absolute atomic E-state index is 0.0613. The number of para-hydroxylation sites is 2. The van der Waals surface area contributed by atoms with E-state index in [0.717, 1.165) is 88.7 Å². The summed E-state index contributed by atoms with van der Waals surface area (Å²) in [7, 11) is -1.45. The zero-order chi connectivity index (χ0) is 45.5. The molecule has 7 aromatic rings. The number of benzene rings is 5. The van der Waals surface area contributed by atoms with E-state index in [1.54, 1.807) is 6.07 Å². The van der Waals surface area contributed by atoms with Crippen LogP contribution in [0.1, 0.15) is 85.3 Å². The fourth-order valence-electron chi connectivity index (χ4n) is 8.24. The number of nitrogens with one attached hydrogen (secondary N) is 1. The average Bonchev–Trinajstić information content (AvgIpc) is 3.56. The van der Waals surface area contributed by atoms with Crippen molar-refractivity contribution in [2.75, 3.05) is 19.6 Å². The number of carbonyl (C=O) groups is 1. The summed E-state index contributed by atoms with van der Waals surface area (Å²) in [5.41, 5.74) is 12.0. The number of pyridine rings is 2. The molecule has 0 atom stereocenters. The summed E-state index contributed by atoms with van der Waals surface area (Å²) >= 11 is 6.13. The Kier molecular flexibility index (Phi) is 14.2. The molecule has 10 rings (SSSR count). The Labute approximate surface area is 382 Å². The van der Waals surface area contributed by atoms with Gasteiger partial charge in [-0.15, -0.1) is 0 Å². The first-order valence-electron chi connectivity index (χ1n) is 21.9. The molecule has 3 aliphatic rings. The molecule has 10 heteroatoms. The Morgan fingerprint density at radius 3 is 1.66 bits per heavy atom. The van der Waals surface area contributed by atoms with Gasteiger partial charge in [-0.3, -0.25) is 24.7 Å². The van der Waals surface area contributed by atoms with Crippen molar-refractivity contribution in [2.24, 2.45) is 26.2 Å². The molecule has 0 radical (unpaired) electrons. The van der Waals surface area contributed by atoms with Crippen molar-refractivity contribution in [3.63, 3.8) is 0 Å². The van der Waals surface area contributed by atoms with E-state index in [4.69, 9.17) is 26.6 Å². The maximum atomic E-state index is 11.7. The summed E-state index contributed by atoms with van der Waals surface area (Å²) < 4.78 is 0. The molecule has 0 spiro atoms. The third-order valence-electron chi connectivity index (χ3n) is 11.6. The van der Waals surface area contributed by atoms with Crippen LogP contribution >= 0.6 is 11.6 Å². The van der Waals surface area contributed by atoms with Gasteiger partial charge in [0.2, 0.25) is 0 Å². The highest BCUT2D eigenvalue weighted by atomic mass is 35.5. The standard InChI is InChI=1S/C21H20N2.C12H14ClN.C12H15NO.C9H8BNO2/c1-21(2)12-16-8-3-5-9-18(16)20(23-14-21)17-11-15-7-4-6-10-19(15)22-13-17;1-12(2)7-9-5-3-4-6-10(9)11(13)14-8-12;1-12(2)7-9-5-3-4-6-10(9)11(14)13-8-12;12-10(13)8-5-7-3-1-2-4-9(7)11-6-8/h3-11,13H,12,14H2,1-2H3;3-6H,7-8H2,1-2H3;3-6H,7-8H2,1-2H3,(H,13,14);1-6,12-13H. The fraction of sp³-hybridized carbons (Fsp3) is 0.278. The predicted octanol–water partition coefficient (Wildman–Crippen LogP) is 9.82. The van der Waals surface area contributed by atoms with Crippen LogP contribution in [0.4, 0.5) is 0 Å². The smallest absolute Gasteiger partial charge is 0.423 e. The first-order chi connectivity index (χ1) is 30.6. The molecule has 5 heterocycles. The van der Waals surface area contributed by atoms with E-state index in [1.807, 2.05) is 79.0 Å². The quantitative estimate of drug-likeness (QED) is 0.150. The summed E-state index contributed by atoms with van der Waals surface area (Å²) in [5.74, 6) is 0.0613. The largest absolute Gasteiger partial charge is 0.490 e. The van der Waals surface area contributed by atoms with Crippen LogP contribution in [0.15, 0.2) is 156 Å². The summed E-state index contributed by atoms with van der Waals surface area (Å²) in [4.78, 5) is 29.8. The molecule has 64 heavy (non-hydrogen) atoms. The lowest BCUT2D eigenvalue weighted by molar-refractivity contribution is 0.0945. The molecule has 2 aromatic heterocycles. The Morgan fingerprint density at radius 1 is 0.562 bits per heavy atom. The molecule has 0 aliphatic carbocycles. The van der Waals surface area contributed by atoms with Crippen molar-refractivity contribution < 1.29 is 14.8 Å². The molecule has 1 amide bonds.